The molecule has 0 bridgehead atoms. The van der Waals surface area contributed by atoms with Crippen molar-refractivity contribution in [3.8, 4) is 0 Å². The van der Waals surface area contributed by atoms with E-state index in [-0.39, 0.29) is 23.9 Å². The lowest BCUT2D eigenvalue weighted by Crippen LogP contribution is -2.37. The average Bonchev–Trinajstić information content (AvgIpc) is 2.54. The van der Waals surface area contributed by atoms with Crippen molar-refractivity contribution in [3.05, 3.63) is 0 Å². The molecule has 0 radical (unpaired) electrons. The van der Waals surface area contributed by atoms with Crippen LogP contribution < -0.4 is 5.32 Å². The standard InChI is InChI=1S/C7H11NO2.ClH/c1-10-6(9)7-4-5(7)2-3-8-7;/h5,8H,2-4H2,1H3;1H/t5?,7-;/m0./s1. The first-order valence-corrected chi connectivity index (χ1v) is 3.63. The van der Waals surface area contributed by atoms with Gasteiger partial charge in [0.2, 0.25) is 0 Å². The monoisotopic (exact) mass is 177 g/mol. The predicted molar refractivity (Wildman–Crippen MR) is 42.7 cm³/mol. The molecule has 2 aliphatic rings. The number of ether oxygens (including phenoxy) is 1. The third kappa shape index (κ3) is 1.03. The molecule has 4 heteroatoms. The van der Waals surface area contributed by atoms with E-state index in [4.69, 9.17) is 0 Å². The summed E-state index contributed by atoms with van der Waals surface area (Å²) in [7, 11) is 1.45. The van der Waals surface area contributed by atoms with Gasteiger partial charge in [-0.3, -0.25) is 4.79 Å². The van der Waals surface area contributed by atoms with Gasteiger partial charge in [-0.1, -0.05) is 0 Å². The van der Waals surface area contributed by atoms with Crippen LogP contribution in [0.25, 0.3) is 0 Å². The zero-order chi connectivity index (χ0) is 7.19. The minimum atomic E-state index is -0.241. The van der Waals surface area contributed by atoms with Gasteiger partial charge in [0.05, 0.1) is 7.11 Å². The number of hydrogen-bond acceptors (Lipinski definition) is 3. The minimum absolute atomic E-state index is 0. The molecular formula is C7H12ClNO2. The summed E-state index contributed by atoms with van der Waals surface area (Å²) in [6.07, 6.45) is 2.12. The van der Waals surface area contributed by atoms with Crippen molar-refractivity contribution in [2.24, 2.45) is 5.92 Å². The number of esters is 1. The van der Waals surface area contributed by atoms with E-state index in [1.165, 1.54) is 7.11 Å². The summed E-state index contributed by atoms with van der Waals surface area (Å²) in [6, 6.07) is 0. The van der Waals surface area contributed by atoms with Gasteiger partial charge in [0, 0.05) is 0 Å². The highest BCUT2D eigenvalue weighted by Gasteiger charge is 2.63. The molecule has 2 fully saturated rings. The molecule has 0 spiro atoms. The second-order valence-electron chi connectivity index (χ2n) is 3.08. The molecule has 1 heterocycles. The molecule has 64 valence electrons. The molecule has 0 aromatic heterocycles. The van der Waals surface area contributed by atoms with Crippen LogP contribution in [0.1, 0.15) is 12.8 Å². The predicted octanol–water partition coefficient (Wildman–Crippen LogP) is 0.333. The molecule has 3 nitrogen and oxygen atoms in total. The van der Waals surface area contributed by atoms with Crippen molar-refractivity contribution in [2.45, 2.75) is 18.4 Å². The lowest BCUT2D eigenvalue weighted by Gasteiger charge is -2.08. The number of methoxy groups -OCH3 is 1. The van der Waals surface area contributed by atoms with E-state index < -0.39 is 0 Å². The molecule has 1 saturated carbocycles. The number of carbonyl (C=O) groups excluding carboxylic acids is 1. The molecule has 0 amide bonds. The van der Waals surface area contributed by atoms with E-state index >= 15 is 0 Å². The van der Waals surface area contributed by atoms with Crippen molar-refractivity contribution in [2.75, 3.05) is 13.7 Å². The number of nitrogens with one attached hydrogen (secondary N) is 1. The minimum Gasteiger partial charge on any atom is -0.468 e. The van der Waals surface area contributed by atoms with Crippen LogP contribution in [0.4, 0.5) is 0 Å². The normalized spacial score (nSPS) is 38.8. The summed E-state index contributed by atoms with van der Waals surface area (Å²) in [5.41, 5.74) is -0.241. The number of carbonyl (C=O) groups is 1. The fraction of sp³-hybridized carbons (Fsp3) is 0.857. The quantitative estimate of drug-likeness (QED) is 0.587. The average molecular weight is 178 g/mol. The molecule has 1 aliphatic carbocycles. The third-order valence-electron chi connectivity index (χ3n) is 2.59. The molecule has 1 N–H and O–H groups in total. The molecule has 2 rings (SSSR count). The van der Waals surface area contributed by atoms with Gasteiger partial charge in [-0.05, 0) is 25.3 Å². The van der Waals surface area contributed by atoms with Gasteiger partial charge in [0.15, 0.2) is 0 Å². The Kier molecular flexibility index (Phi) is 2.12. The van der Waals surface area contributed by atoms with Crippen molar-refractivity contribution in [3.63, 3.8) is 0 Å². The smallest absolute Gasteiger partial charge is 0.326 e. The van der Waals surface area contributed by atoms with Crippen LogP contribution in [-0.2, 0) is 9.53 Å². The Labute approximate surface area is 71.9 Å². The molecule has 0 aromatic rings. The number of piperidine rings is 1. The zero-order valence-corrected chi connectivity index (χ0v) is 7.24. The highest BCUT2D eigenvalue weighted by Crippen LogP contribution is 2.50. The Balaban J connectivity index is 0.000000605. The van der Waals surface area contributed by atoms with Gasteiger partial charge in [-0.2, -0.15) is 0 Å². The molecule has 2 atom stereocenters. The Morgan fingerprint density at radius 3 is 2.82 bits per heavy atom. The Morgan fingerprint density at radius 1 is 1.73 bits per heavy atom. The van der Waals surface area contributed by atoms with Crippen molar-refractivity contribution in [1.29, 1.82) is 0 Å². The van der Waals surface area contributed by atoms with Gasteiger partial charge >= 0.3 is 5.97 Å². The maximum atomic E-state index is 11.1. The van der Waals surface area contributed by atoms with E-state index in [9.17, 15) is 4.79 Å². The highest BCUT2D eigenvalue weighted by molar-refractivity contribution is 5.85. The van der Waals surface area contributed by atoms with Gasteiger partial charge < -0.3 is 10.1 Å². The van der Waals surface area contributed by atoms with Crippen molar-refractivity contribution < 1.29 is 9.53 Å². The topological polar surface area (TPSA) is 38.3 Å². The van der Waals surface area contributed by atoms with E-state index in [0.29, 0.717) is 5.92 Å². The lowest BCUT2D eigenvalue weighted by molar-refractivity contribution is -0.144. The van der Waals surface area contributed by atoms with Gasteiger partial charge in [0.1, 0.15) is 5.54 Å². The first kappa shape index (κ1) is 8.81. The van der Waals surface area contributed by atoms with Gasteiger partial charge in [0.25, 0.3) is 0 Å². The first-order valence-electron chi connectivity index (χ1n) is 3.63. The zero-order valence-electron chi connectivity index (χ0n) is 6.42. The summed E-state index contributed by atoms with van der Waals surface area (Å²) in [6.45, 7) is 0.972. The Hall–Kier alpha value is -0.280. The van der Waals surface area contributed by atoms with Crippen LogP contribution in [-0.4, -0.2) is 25.2 Å². The fourth-order valence-corrected chi connectivity index (χ4v) is 1.87. The summed E-state index contributed by atoms with van der Waals surface area (Å²) in [5.74, 6) is 0.495. The lowest BCUT2D eigenvalue weighted by atomic mass is 10.2. The number of halogens is 1. The summed E-state index contributed by atoms with van der Waals surface area (Å²) in [5, 5.41) is 3.18. The largest absolute Gasteiger partial charge is 0.468 e. The maximum Gasteiger partial charge on any atom is 0.326 e. The van der Waals surface area contributed by atoms with E-state index in [2.05, 4.69) is 10.1 Å². The van der Waals surface area contributed by atoms with Crippen LogP contribution in [0.3, 0.4) is 0 Å². The first-order chi connectivity index (χ1) is 4.79. The van der Waals surface area contributed by atoms with Crippen molar-refractivity contribution in [1.82, 2.24) is 5.32 Å². The van der Waals surface area contributed by atoms with Gasteiger partial charge in [-0.25, -0.2) is 0 Å². The summed E-state index contributed by atoms with van der Waals surface area (Å²) < 4.78 is 4.68. The molecule has 0 aromatic carbocycles. The molecule has 1 aliphatic heterocycles. The summed E-state index contributed by atoms with van der Waals surface area (Å²) in [4.78, 5) is 11.1. The van der Waals surface area contributed by atoms with E-state index in [1.54, 1.807) is 0 Å². The van der Waals surface area contributed by atoms with Gasteiger partial charge in [-0.15, -0.1) is 12.4 Å². The number of hydrogen-bond donors (Lipinski definition) is 1. The molecule has 11 heavy (non-hydrogen) atoms. The molecule has 1 unspecified atom stereocenters. The third-order valence-corrected chi connectivity index (χ3v) is 2.59. The van der Waals surface area contributed by atoms with Crippen LogP contribution in [0.5, 0.6) is 0 Å². The van der Waals surface area contributed by atoms with Crippen LogP contribution >= 0.6 is 12.4 Å². The Morgan fingerprint density at radius 2 is 2.45 bits per heavy atom. The number of rotatable bonds is 1. The van der Waals surface area contributed by atoms with E-state index in [1.807, 2.05) is 0 Å². The number of fused-ring (bicyclic) bond motifs is 1. The Bertz CT molecular complexity index is 185. The SMILES string of the molecule is COC(=O)[C@]12CC1CCN2.Cl. The van der Waals surface area contributed by atoms with E-state index in [0.717, 1.165) is 19.4 Å². The van der Waals surface area contributed by atoms with Crippen molar-refractivity contribution >= 4 is 18.4 Å². The van der Waals surface area contributed by atoms with Crippen LogP contribution in [0.15, 0.2) is 0 Å². The second-order valence-corrected chi connectivity index (χ2v) is 3.08. The molecular weight excluding hydrogens is 166 g/mol. The highest BCUT2D eigenvalue weighted by atomic mass is 35.5. The van der Waals surface area contributed by atoms with Crippen LogP contribution in [0, 0.1) is 5.92 Å². The fourth-order valence-electron chi connectivity index (χ4n) is 1.87. The molecule has 1 saturated heterocycles. The van der Waals surface area contributed by atoms with Crippen LogP contribution in [0.2, 0.25) is 0 Å². The second kappa shape index (κ2) is 2.64. The summed E-state index contributed by atoms with van der Waals surface area (Å²) >= 11 is 0. The maximum absolute atomic E-state index is 11.1.